The van der Waals surface area contributed by atoms with Gasteiger partial charge in [0.25, 0.3) is 21.5 Å². The van der Waals surface area contributed by atoms with Crippen LogP contribution < -0.4 is 24.7 Å². The second-order valence-electron chi connectivity index (χ2n) is 17.9. The summed E-state index contributed by atoms with van der Waals surface area (Å²) < 4.78 is 78.5. The zero-order valence-corrected chi connectivity index (χ0v) is 40.4. The topological polar surface area (TPSA) is 252 Å². The van der Waals surface area contributed by atoms with Crippen molar-refractivity contribution < 1.29 is 45.7 Å². The maximum Gasteiger partial charge on any atom is 0.323 e. The Kier molecular flexibility index (Phi) is 13.9. The van der Waals surface area contributed by atoms with Crippen LogP contribution in [0.25, 0.3) is 16.7 Å². The van der Waals surface area contributed by atoms with Crippen molar-refractivity contribution in [2.24, 2.45) is 13.0 Å². The summed E-state index contributed by atoms with van der Waals surface area (Å²) in [7, 11) is -6.47. The van der Waals surface area contributed by atoms with Gasteiger partial charge in [-0.1, -0.05) is 19.1 Å². The summed E-state index contributed by atoms with van der Waals surface area (Å²) >= 11 is 0. The molecule has 21 nitrogen and oxygen atoms in total. The second-order valence-corrected chi connectivity index (χ2v) is 21.5. The van der Waals surface area contributed by atoms with Gasteiger partial charge in [0.05, 0.1) is 46.6 Å². The van der Waals surface area contributed by atoms with Crippen LogP contribution in [0.3, 0.4) is 0 Å². The normalized spacial score (nSPS) is 16.8. The maximum absolute atomic E-state index is 13.7. The first kappa shape index (κ1) is 48.8. The largest absolute Gasteiger partial charge is 0.491 e. The van der Waals surface area contributed by atoms with Crippen molar-refractivity contribution in [2.75, 3.05) is 51.0 Å². The lowest BCUT2D eigenvalue weighted by atomic mass is 9.90. The van der Waals surface area contributed by atoms with E-state index in [0.717, 1.165) is 22.9 Å². The molecule has 0 bridgehead atoms. The minimum absolute atomic E-state index is 0.0203. The van der Waals surface area contributed by atoms with E-state index >= 15 is 0 Å². The van der Waals surface area contributed by atoms with Gasteiger partial charge < -0.3 is 24.2 Å². The number of pyridine rings is 1. The molecule has 1 amide bonds. The van der Waals surface area contributed by atoms with Crippen molar-refractivity contribution in [3.8, 4) is 17.4 Å². The van der Waals surface area contributed by atoms with Crippen LogP contribution in [0, 0.1) is 12.8 Å². The average Bonchev–Trinajstić information content (AvgIpc) is 4.01. The number of hydrogen-bond acceptors (Lipinski definition) is 15. The molecule has 2 aliphatic rings. The number of piperidine rings is 1. The standard InChI is InChI=1S/C46H54N10O11S2/c1-30-25-46(3,4)55(26-30)43-37(44(59)51-68(61,62)39-27-52(5)49-31(39)2)12-13-40(48-43)56-19-16-41(50-56)67-23-21-65-20-22-66-34-8-6-32(7-9-34)33-14-17-54(18-15-33)69(63,64)35-10-11-36-38(24-35)47-29-53(45(36)60)28-42(57)58/h6-13,16,19,24,27,29-30,33H,14-15,17-18,20-23,25-26,28H2,1-5H3,(H,51,59)(H,57,58)/t30-/m0/s1. The van der Waals surface area contributed by atoms with Crippen LogP contribution in [0.5, 0.6) is 11.6 Å². The number of carboxylic acid groups (broad SMARTS) is 1. The van der Waals surface area contributed by atoms with Gasteiger partial charge in [0, 0.05) is 50.7 Å². The van der Waals surface area contributed by atoms with Crippen LogP contribution in [0.2, 0.25) is 0 Å². The molecule has 366 valence electrons. The molecule has 6 heterocycles. The van der Waals surface area contributed by atoms with E-state index in [2.05, 4.69) is 40.7 Å². The Morgan fingerprint density at radius 2 is 1.65 bits per heavy atom. The lowest BCUT2D eigenvalue weighted by Gasteiger charge is -2.34. The van der Waals surface area contributed by atoms with E-state index in [1.807, 2.05) is 29.2 Å². The molecule has 0 spiro atoms. The molecule has 2 aliphatic heterocycles. The molecule has 1 atom stereocenters. The fraction of sp³-hybridized carbons (Fsp3) is 0.413. The molecule has 2 fully saturated rings. The highest BCUT2D eigenvalue weighted by Crippen LogP contribution is 2.38. The summed E-state index contributed by atoms with van der Waals surface area (Å²) in [6.45, 7) is 9.61. The molecule has 2 aromatic carbocycles. The molecule has 8 rings (SSSR count). The molecular weight excluding hydrogens is 933 g/mol. The Morgan fingerprint density at radius 3 is 2.32 bits per heavy atom. The number of carbonyl (C=O) groups excluding carboxylic acids is 1. The van der Waals surface area contributed by atoms with Gasteiger partial charge in [-0.15, -0.1) is 5.10 Å². The van der Waals surface area contributed by atoms with Crippen molar-refractivity contribution in [3.05, 3.63) is 107 Å². The number of aromatic nitrogens is 7. The number of anilines is 1. The van der Waals surface area contributed by atoms with E-state index < -0.39 is 44.0 Å². The number of aryl methyl sites for hydroxylation is 2. The summed E-state index contributed by atoms with van der Waals surface area (Å²) in [6.07, 6.45) is 6.22. The lowest BCUT2D eigenvalue weighted by Crippen LogP contribution is -2.41. The number of sulfonamides is 2. The Labute approximate surface area is 398 Å². The van der Waals surface area contributed by atoms with Gasteiger partial charge in [-0.3, -0.25) is 23.6 Å². The summed E-state index contributed by atoms with van der Waals surface area (Å²) in [4.78, 5) is 48.3. The van der Waals surface area contributed by atoms with Crippen molar-refractivity contribution in [1.82, 2.24) is 43.1 Å². The highest BCUT2D eigenvalue weighted by molar-refractivity contribution is 7.90. The summed E-state index contributed by atoms with van der Waals surface area (Å²) in [5.74, 6) is 0.211. The van der Waals surface area contributed by atoms with Gasteiger partial charge in [0.15, 0.2) is 5.82 Å². The van der Waals surface area contributed by atoms with Crippen LogP contribution in [0.15, 0.2) is 94.0 Å². The molecule has 4 aromatic heterocycles. The molecule has 2 saturated heterocycles. The number of amides is 1. The molecule has 0 aliphatic carbocycles. The minimum Gasteiger partial charge on any atom is -0.491 e. The summed E-state index contributed by atoms with van der Waals surface area (Å²) in [5.41, 5.74) is 0.708. The number of aliphatic carboxylic acids is 1. The van der Waals surface area contributed by atoms with Crippen LogP contribution in [0.1, 0.15) is 67.6 Å². The van der Waals surface area contributed by atoms with E-state index in [1.165, 1.54) is 38.1 Å². The summed E-state index contributed by atoms with van der Waals surface area (Å²) in [5, 5.41) is 17.8. The second kappa shape index (κ2) is 19.7. The smallest absolute Gasteiger partial charge is 0.323 e. The maximum atomic E-state index is 13.7. The van der Waals surface area contributed by atoms with Crippen molar-refractivity contribution in [3.63, 3.8) is 0 Å². The third-order valence-corrected chi connectivity index (χ3v) is 15.6. The van der Waals surface area contributed by atoms with Gasteiger partial charge >= 0.3 is 5.97 Å². The van der Waals surface area contributed by atoms with E-state index in [1.54, 1.807) is 38.4 Å². The van der Waals surface area contributed by atoms with Gasteiger partial charge in [-0.05, 0) is 99.9 Å². The predicted octanol–water partition coefficient (Wildman–Crippen LogP) is 3.89. The van der Waals surface area contributed by atoms with Crippen LogP contribution in [0.4, 0.5) is 5.82 Å². The van der Waals surface area contributed by atoms with Gasteiger partial charge in [-0.2, -0.15) is 9.40 Å². The third kappa shape index (κ3) is 10.8. The number of hydrogen-bond donors (Lipinski definition) is 2. The van der Waals surface area contributed by atoms with Crippen molar-refractivity contribution >= 4 is 48.6 Å². The first-order chi connectivity index (χ1) is 32.8. The predicted molar refractivity (Wildman–Crippen MR) is 252 cm³/mol. The van der Waals surface area contributed by atoms with E-state index in [-0.39, 0.29) is 56.6 Å². The monoisotopic (exact) mass is 986 g/mol. The van der Waals surface area contributed by atoms with Crippen molar-refractivity contribution in [2.45, 2.75) is 74.7 Å². The molecular formula is C46H54N10O11S2. The molecule has 2 N–H and O–H groups in total. The number of nitrogens with one attached hydrogen (secondary N) is 1. The number of ether oxygens (including phenoxy) is 3. The first-order valence-electron chi connectivity index (χ1n) is 22.4. The lowest BCUT2D eigenvalue weighted by molar-refractivity contribution is -0.137. The number of nitrogens with zero attached hydrogens (tertiary/aromatic N) is 9. The molecule has 0 saturated carbocycles. The Hall–Kier alpha value is -6.69. The Balaban J connectivity index is 0.788. The van der Waals surface area contributed by atoms with Gasteiger partial charge in [0.2, 0.25) is 15.9 Å². The van der Waals surface area contributed by atoms with Crippen LogP contribution >= 0.6 is 0 Å². The number of fused-ring (bicyclic) bond motifs is 1. The summed E-state index contributed by atoms with van der Waals surface area (Å²) in [6, 6.07) is 16.6. The SMILES string of the molecule is Cc1nn(C)cc1S(=O)(=O)NC(=O)c1ccc(-n2ccc(OCCOCCOc3ccc(C4CCN(S(=O)(=O)c5ccc6c(=O)n(CC(=O)O)cnc6c5)CC4)cc3)n2)nc1N1C[C@@H](C)CC1(C)C. The first-order valence-corrected chi connectivity index (χ1v) is 25.3. The number of carbonyl (C=O) groups is 2. The van der Waals surface area contributed by atoms with Gasteiger partial charge in [-0.25, -0.2) is 36.2 Å². The quantitative estimate of drug-likeness (QED) is 0.116. The zero-order chi connectivity index (χ0) is 49.3. The number of benzene rings is 2. The van der Waals surface area contributed by atoms with Crippen LogP contribution in [-0.2, 0) is 43.2 Å². The van der Waals surface area contributed by atoms with E-state index in [0.29, 0.717) is 74.9 Å². The Bertz CT molecular complexity index is 3160. The molecule has 0 unspecified atom stereocenters. The van der Waals surface area contributed by atoms with E-state index in [4.69, 9.17) is 24.3 Å². The molecule has 0 radical (unpaired) electrons. The highest BCUT2D eigenvalue weighted by atomic mass is 32.2. The zero-order valence-electron chi connectivity index (χ0n) is 38.8. The Morgan fingerprint density at radius 1 is 0.928 bits per heavy atom. The molecule has 69 heavy (non-hydrogen) atoms. The average molecular weight is 987 g/mol. The fourth-order valence-electron chi connectivity index (χ4n) is 8.99. The third-order valence-electron chi connectivity index (χ3n) is 12.2. The van der Waals surface area contributed by atoms with E-state index in [9.17, 15) is 31.2 Å². The highest BCUT2D eigenvalue weighted by Gasteiger charge is 2.40. The van der Waals surface area contributed by atoms with Crippen LogP contribution in [-0.4, -0.2) is 124 Å². The number of rotatable bonds is 18. The molecule has 6 aromatic rings. The van der Waals surface area contributed by atoms with Gasteiger partial charge in [0.1, 0.15) is 36.2 Å². The number of carboxylic acids is 1. The fourth-order valence-corrected chi connectivity index (χ4v) is 11.7. The molecule has 23 heteroatoms. The van der Waals surface area contributed by atoms with Crippen molar-refractivity contribution in [1.29, 1.82) is 0 Å². The minimum atomic E-state index is -4.22.